The number of halogens is 5. The molecule has 0 aliphatic heterocycles. The van der Waals surface area contributed by atoms with Crippen LogP contribution < -0.4 is 5.32 Å². The van der Waals surface area contributed by atoms with Crippen LogP contribution in [0.4, 0.5) is 19.0 Å². The maximum atomic E-state index is 14.0. The summed E-state index contributed by atoms with van der Waals surface area (Å²) in [5, 5.41) is 10.9. The fourth-order valence-corrected chi connectivity index (χ4v) is 3.53. The van der Waals surface area contributed by atoms with E-state index >= 15 is 0 Å². The Balaban J connectivity index is 1.47. The Kier molecular flexibility index (Phi) is 5.75. The first kappa shape index (κ1) is 20.7. The van der Waals surface area contributed by atoms with Crippen molar-refractivity contribution in [2.24, 2.45) is 0 Å². The molecule has 0 spiro atoms. The zero-order valence-corrected chi connectivity index (χ0v) is 17.0. The molecule has 1 saturated carbocycles. The van der Waals surface area contributed by atoms with Gasteiger partial charge >= 0.3 is 0 Å². The number of nitrogens with zero attached hydrogens (tertiary/aromatic N) is 4. The molecule has 1 fully saturated rings. The number of carbonyl (C=O) groups excluding carboxylic acids is 1. The van der Waals surface area contributed by atoms with E-state index in [-0.39, 0.29) is 46.1 Å². The lowest BCUT2D eigenvalue weighted by atomic mass is 10.2. The van der Waals surface area contributed by atoms with Crippen molar-refractivity contribution in [3.05, 3.63) is 63.3 Å². The van der Waals surface area contributed by atoms with Crippen LogP contribution in [-0.2, 0) is 17.9 Å². The Morgan fingerprint density at radius 3 is 2.67 bits per heavy atom. The van der Waals surface area contributed by atoms with Gasteiger partial charge in [-0.1, -0.05) is 29.3 Å². The predicted molar refractivity (Wildman–Crippen MR) is 106 cm³/mol. The topological polar surface area (TPSA) is 64.7 Å². The van der Waals surface area contributed by atoms with Gasteiger partial charge in [0.1, 0.15) is 23.1 Å². The van der Waals surface area contributed by atoms with E-state index in [9.17, 15) is 18.0 Å². The largest absolute Gasteiger partial charge is 0.306 e. The van der Waals surface area contributed by atoms with Gasteiger partial charge in [-0.3, -0.25) is 14.2 Å². The molecule has 1 amide bonds. The number of hydrogen-bond acceptors (Lipinski definition) is 3. The third kappa shape index (κ3) is 4.46. The summed E-state index contributed by atoms with van der Waals surface area (Å²) in [5.74, 6) is -0.785. The van der Waals surface area contributed by atoms with Crippen LogP contribution in [-0.4, -0.2) is 25.5 Å². The number of anilines is 1. The van der Waals surface area contributed by atoms with Crippen molar-refractivity contribution in [1.29, 1.82) is 0 Å². The van der Waals surface area contributed by atoms with Crippen molar-refractivity contribution < 1.29 is 18.0 Å². The van der Waals surface area contributed by atoms with Crippen LogP contribution >= 0.6 is 23.2 Å². The molecule has 1 aliphatic carbocycles. The van der Waals surface area contributed by atoms with Gasteiger partial charge in [0.25, 0.3) is 6.43 Å². The summed E-state index contributed by atoms with van der Waals surface area (Å²) in [5.41, 5.74) is 0.501. The lowest BCUT2D eigenvalue weighted by Gasteiger charge is -2.07. The average molecular weight is 458 g/mol. The van der Waals surface area contributed by atoms with Crippen molar-refractivity contribution in [3.63, 3.8) is 0 Å². The monoisotopic (exact) mass is 457 g/mol. The first-order valence-corrected chi connectivity index (χ1v) is 9.89. The minimum Gasteiger partial charge on any atom is -0.306 e. The molecular formula is C19H16Cl2F3N5O. The molecule has 0 radical (unpaired) electrons. The molecule has 1 N–H and O–H groups in total. The van der Waals surface area contributed by atoms with Gasteiger partial charge in [-0.2, -0.15) is 10.2 Å². The second-order valence-electron chi connectivity index (χ2n) is 7.00. The fourth-order valence-electron chi connectivity index (χ4n) is 3.11. The molecule has 6 nitrogen and oxygen atoms in total. The van der Waals surface area contributed by atoms with Crippen LogP contribution in [0.2, 0.25) is 10.0 Å². The first-order chi connectivity index (χ1) is 14.3. The molecular weight excluding hydrogens is 442 g/mol. The molecule has 2 heterocycles. The van der Waals surface area contributed by atoms with Crippen LogP contribution in [0.15, 0.2) is 30.5 Å². The highest BCUT2D eigenvalue weighted by Gasteiger charge is 2.30. The maximum Gasteiger partial charge on any atom is 0.282 e. The maximum absolute atomic E-state index is 14.0. The molecule has 0 atom stereocenters. The molecule has 1 aromatic carbocycles. The number of rotatable bonds is 7. The zero-order chi connectivity index (χ0) is 21.4. The highest BCUT2D eigenvalue weighted by molar-refractivity contribution is 6.33. The number of hydrogen-bond donors (Lipinski definition) is 1. The summed E-state index contributed by atoms with van der Waals surface area (Å²) < 4.78 is 42.6. The van der Waals surface area contributed by atoms with Gasteiger partial charge in [0.2, 0.25) is 5.91 Å². The van der Waals surface area contributed by atoms with Gasteiger partial charge in [-0.05, 0) is 31.0 Å². The van der Waals surface area contributed by atoms with Gasteiger partial charge in [0.05, 0.1) is 6.54 Å². The van der Waals surface area contributed by atoms with Gasteiger partial charge in [0.15, 0.2) is 5.82 Å². The minimum atomic E-state index is -2.71. The molecule has 4 rings (SSSR count). The Morgan fingerprint density at radius 2 is 2.00 bits per heavy atom. The van der Waals surface area contributed by atoms with E-state index < -0.39 is 18.1 Å². The van der Waals surface area contributed by atoms with E-state index in [0.717, 1.165) is 12.8 Å². The Hall–Kier alpha value is -2.52. The summed E-state index contributed by atoms with van der Waals surface area (Å²) >= 11 is 12.2. The molecule has 1 aliphatic rings. The SMILES string of the molecule is O=C(Cn1nc(C(F)F)cc1C1CC1)Nc1nn(Cc2c(F)cccc2Cl)cc1Cl. The third-order valence-corrected chi connectivity index (χ3v) is 5.33. The number of benzene rings is 1. The standard InChI is InChI=1S/C19H16Cl2F3N5O/c20-12-2-1-3-14(22)11(12)7-28-8-13(21)19(27-28)25-17(30)9-29-16(10-4-5-10)6-15(26-29)18(23)24/h1-3,6,8,10,18H,4-5,7,9H2,(H,25,27,30). The summed E-state index contributed by atoms with van der Waals surface area (Å²) in [7, 11) is 0. The van der Waals surface area contributed by atoms with Crippen LogP contribution in [0.5, 0.6) is 0 Å². The number of carbonyl (C=O) groups is 1. The van der Waals surface area contributed by atoms with E-state index in [1.807, 2.05) is 0 Å². The highest BCUT2D eigenvalue weighted by Crippen LogP contribution is 2.41. The highest BCUT2D eigenvalue weighted by atomic mass is 35.5. The van der Waals surface area contributed by atoms with E-state index in [1.54, 1.807) is 6.07 Å². The van der Waals surface area contributed by atoms with E-state index in [1.165, 1.54) is 33.8 Å². The fraction of sp³-hybridized carbons (Fsp3) is 0.316. The van der Waals surface area contributed by atoms with Gasteiger partial charge < -0.3 is 5.32 Å². The Bertz CT molecular complexity index is 1070. The summed E-state index contributed by atoms with van der Waals surface area (Å²) in [6.07, 6.45) is 0.482. The number of aromatic nitrogens is 4. The van der Waals surface area contributed by atoms with Crippen LogP contribution in [0.3, 0.4) is 0 Å². The van der Waals surface area contributed by atoms with Crippen molar-refractivity contribution >= 4 is 34.9 Å². The lowest BCUT2D eigenvalue weighted by molar-refractivity contribution is -0.117. The minimum absolute atomic E-state index is 0.0177. The quantitative estimate of drug-likeness (QED) is 0.541. The number of amides is 1. The van der Waals surface area contributed by atoms with Gasteiger partial charge in [-0.25, -0.2) is 13.2 Å². The zero-order valence-electron chi connectivity index (χ0n) is 15.5. The van der Waals surface area contributed by atoms with Gasteiger partial charge in [0, 0.05) is 28.4 Å². The summed E-state index contributed by atoms with van der Waals surface area (Å²) in [4.78, 5) is 12.4. The van der Waals surface area contributed by atoms with Crippen LogP contribution in [0.25, 0.3) is 0 Å². The van der Waals surface area contributed by atoms with Crippen molar-refractivity contribution in [2.45, 2.75) is 38.3 Å². The van der Waals surface area contributed by atoms with Crippen molar-refractivity contribution in [2.75, 3.05) is 5.32 Å². The second kappa shape index (κ2) is 8.31. The van der Waals surface area contributed by atoms with E-state index in [0.29, 0.717) is 5.69 Å². The Morgan fingerprint density at radius 1 is 1.23 bits per heavy atom. The normalized spacial score (nSPS) is 13.8. The smallest absolute Gasteiger partial charge is 0.282 e. The molecule has 0 unspecified atom stereocenters. The lowest BCUT2D eigenvalue weighted by Crippen LogP contribution is -2.21. The van der Waals surface area contributed by atoms with Crippen molar-refractivity contribution in [1.82, 2.24) is 19.6 Å². The Labute approximate surface area is 179 Å². The number of nitrogens with one attached hydrogen (secondary N) is 1. The molecule has 0 saturated heterocycles. The molecule has 30 heavy (non-hydrogen) atoms. The average Bonchev–Trinajstić information content (AvgIpc) is 3.35. The summed E-state index contributed by atoms with van der Waals surface area (Å²) in [6, 6.07) is 5.68. The number of alkyl halides is 2. The van der Waals surface area contributed by atoms with Crippen LogP contribution in [0, 0.1) is 5.82 Å². The summed E-state index contributed by atoms with van der Waals surface area (Å²) in [6.45, 7) is -0.231. The van der Waals surface area contributed by atoms with Crippen LogP contribution in [0.1, 0.15) is 42.1 Å². The van der Waals surface area contributed by atoms with E-state index in [2.05, 4.69) is 15.5 Å². The van der Waals surface area contributed by atoms with Crippen molar-refractivity contribution in [3.8, 4) is 0 Å². The first-order valence-electron chi connectivity index (χ1n) is 9.13. The van der Waals surface area contributed by atoms with E-state index in [4.69, 9.17) is 23.2 Å². The molecule has 0 bridgehead atoms. The molecule has 158 valence electrons. The van der Waals surface area contributed by atoms with Gasteiger partial charge in [-0.15, -0.1) is 0 Å². The third-order valence-electron chi connectivity index (χ3n) is 4.70. The molecule has 2 aromatic heterocycles. The predicted octanol–water partition coefficient (Wildman–Crippen LogP) is 5.03. The molecule has 3 aromatic rings. The second-order valence-corrected chi connectivity index (χ2v) is 7.81. The molecule has 11 heteroatoms.